The number of pyridine rings is 1. The van der Waals surface area contributed by atoms with E-state index in [0.717, 1.165) is 18.2 Å². The van der Waals surface area contributed by atoms with Crippen molar-refractivity contribution in [3.05, 3.63) is 52.9 Å². The highest BCUT2D eigenvalue weighted by Gasteiger charge is 2.29. The van der Waals surface area contributed by atoms with E-state index in [9.17, 15) is 21.6 Å². The van der Waals surface area contributed by atoms with E-state index in [1.807, 2.05) is 0 Å². The number of sulfonamides is 1. The molecule has 0 saturated heterocycles. The number of benzene rings is 1. The molecule has 0 bridgehead atoms. The predicted molar refractivity (Wildman–Crippen MR) is 117 cm³/mol. The van der Waals surface area contributed by atoms with E-state index < -0.39 is 22.8 Å². The number of halogens is 5. The minimum atomic E-state index is -4.59. The summed E-state index contributed by atoms with van der Waals surface area (Å²) in [6.07, 6.45) is -2.06. The van der Waals surface area contributed by atoms with Gasteiger partial charge in [-0.3, -0.25) is 0 Å². The van der Waals surface area contributed by atoms with Crippen molar-refractivity contribution in [1.29, 1.82) is 0 Å². The third-order valence-corrected chi connectivity index (χ3v) is 5.81. The van der Waals surface area contributed by atoms with Crippen LogP contribution in [0.3, 0.4) is 0 Å². The summed E-state index contributed by atoms with van der Waals surface area (Å²) >= 11 is 11.9. The SMILES string of the molecule is CNS(=O)(=O)c1ccc(OCC(F)(F)F)c(Nc2cc(Nc3ncc(Cl)cc3Cl)ncn2)c1. The quantitative estimate of drug-likeness (QED) is 0.395. The van der Waals surface area contributed by atoms with E-state index in [-0.39, 0.29) is 38.8 Å². The summed E-state index contributed by atoms with van der Waals surface area (Å²) in [5, 5.41) is 6.15. The van der Waals surface area contributed by atoms with Gasteiger partial charge >= 0.3 is 6.18 Å². The maximum absolute atomic E-state index is 12.6. The Labute approximate surface area is 196 Å². The van der Waals surface area contributed by atoms with Gasteiger partial charge in [0, 0.05) is 12.3 Å². The van der Waals surface area contributed by atoms with Crippen LogP contribution in [0.5, 0.6) is 5.75 Å². The van der Waals surface area contributed by atoms with Crippen LogP contribution in [0.25, 0.3) is 0 Å². The summed E-state index contributed by atoms with van der Waals surface area (Å²) < 4.78 is 69.1. The lowest BCUT2D eigenvalue weighted by molar-refractivity contribution is -0.153. The minimum absolute atomic E-state index is 0.0668. The molecule has 0 radical (unpaired) electrons. The predicted octanol–water partition coefficient (Wildman–Crippen LogP) is 4.51. The van der Waals surface area contributed by atoms with Crippen LogP contribution in [0.4, 0.5) is 36.3 Å². The molecule has 0 saturated carbocycles. The number of alkyl halides is 3. The Morgan fingerprint density at radius 3 is 2.36 bits per heavy atom. The van der Waals surface area contributed by atoms with E-state index >= 15 is 0 Å². The van der Waals surface area contributed by atoms with E-state index in [2.05, 4.69) is 30.3 Å². The Morgan fingerprint density at radius 1 is 1.03 bits per heavy atom. The lowest BCUT2D eigenvalue weighted by Crippen LogP contribution is -2.20. The van der Waals surface area contributed by atoms with Gasteiger partial charge in [0.2, 0.25) is 10.0 Å². The van der Waals surface area contributed by atoms with Crippen molar-refractivity contribution in [3.8, 4) is 5.75 Å². The van der Waals surface area contributed by atoms with Crippen molar-refractivity contribution in [2.45, 2.75) is 11.1 Å². The summed E-state index contributed by atoms with van der Waals surface area (Å²) in [7, 11) is -2.67. The lowest BCUT2D eigenvalue weighted by Gasteiger charge is -2.16. The molecule has 0 aliphatic carbocycles. The zero-order valence-corrected chi connectivity index (χ0v) is 18.9. The largest absolute Gasteiger partial charge is 0.482 e. The fourth-order valence-corrected chi connectivity index (χ4v) is 3.62. The van der Waals surface area contributed by atoms with Gasteiger partial charge in [0.05, 0.1) is 20.6 Å². The molecule has 3 aromatic rings. The minimum Gasteiger partial charge on any atom is -0.482 e. The highest BCUT2D eigenvalue weighted by Crippen LogP contribution is 2.32. The van der Waals surface area contributed by atoms with Gasteiger partial charge in [-0.05, 0) is 31.3 Å². The van der Waals surface area contributed by atoms with Crippen molar-refractivity contribution in [3.63, 3.8) is 0 Å². The number of ether oxygens (including phenoxy) is 1. The smallest absolute Gasteiger partial charge is 0.422 e. The molecular weight excluding hydrogens is 508 g/mol. The van der Waals surface area contributed by atoms with Crippen molar-refractivity contribution in [1.82, 2.24) is 19.7 Å². The molecule has 0 unspecified atom stereocenters. The van der Waals surface area contributed by atoms with Crippen LogP contribution in [-0.2, 0) is 10.0 Å². The number of anilines is 4. The zero-order chi connectivity index (χ0) is 24.2. The van der Waals surface area contributed by atoms with Crippen LogP contribution < -0.4 is 20.1 Å². The van der Waals surface area contributed by atoms with E-state index in [4.69, 9.17) is 27.9 Å². The van der Waals surface area contributed by atoms with Gasteiger partial charge in [0.1, 0.15) is 29.5 Å². The van der Waals surface area contributed by atoms with Gasteiger partial charge in [-0.15, -0.1) is 0 Å². The van der Waals surface area contributed by atoms with E-state index in [1.54, 1.807) is 0 Å². The first kappa shape index (κ1) is 24.8. The lowest BCUT2D eigenvalue weighted by atomic mass is 10.3. The van der Waals surface area contributed by atoms with Crippen LogP contribution in [0.1, 0.15) is 0 Å². The van der Waals surface area contributed by atoms with Crippen LogP contribution in [0, 0.1) is 0 Å². The molecule has 2 heterocycles. The van der Waals surface area contributed by atoms with E-state index in [1.165, 1.54) is 31.7 Å². The molecule has 3 rings (SSSR count). The van der Waals surface area contributed by atoms with Crippen LogP contribution >= 0.6 is 23.2 Å². The van der Waals surface area contributed by atoms with E-state index in [0.29, 0.717) is 5.02 Å². The van der Waals surface area contributed by atoms with Crippen LogP contribution in [-0.4, -0.2) is 43.2 Å². The number of nitrogens with one attached hydrogen (secondary N) is 3. The third kappa shape index (κ3) is 6.81. The second kappa shape index (κ2) is 9.95. The van der Waals surface area contributed by atoms with Gasteiger partial charge < -0.3 is 15.4 Å². The number of nitrogens with zero attached hydrogens (tertiary/aromatic N) is 3. The molecular formula is C18H15Cl2F3N6O3S. The van der Waals surface area contributed by atoms with Crippen molar-refractivity contribution < 1.29 is 26.3 Å². The average Bonchev–Trinajstić information content (AvgIpc) is 2.74. The molecule has 0 spiro atoms. The highest BCUT2D eigenvalue weighted by atomic mass is 35.5. The molecule has 0 amide bonds. The molecule has 1 aromatic carbocycles. The zero-order valence-electron chi connectivity index (χ0n) is 16.6. The number of rotatable bonds is 8. The standard InChI is InChI=1S/C18H15Cl2F3N6O3S/c1-24-33(30,31)11-2-3-14(32-8-18(21,22)23)13(5-11)28-15-6-16(27-9-26-15)29-17-12(20)4-10(19)7-25-17/h2-7,9,24H,8H2,1H3,(H2,25,26,27,28,29). The Kier molecular flexibility index (Phi) is 7.47. The van der Waals surface area contributed by atoms with Crippen LogP contribution in [0.15, 0.2) is 47.8 Å². The van der Waals surface area contributed by atoms with Crippen molar-refractivity contribution in [2.75, 3.05) is 24.3 Å². The maximum Gasteiger partial charge on any atom is 0.422 e. The summed E-state index contributed by atoms with van der Waals surface area (Å²) in [5.41, 5.74) is -0.0668. The fraction of sp³-hybridized carbons (Fsp3) is 0.167. The highest BCUT2D eigenvalue weighted by molar-refractivity contribution is 7.89. The second-order valence-electron chi connectivity index (χ2n) is 6.29. The fourth-order valence-electron chi connectivity index (χ4n) is 2.44. The second-order valence-corrected chi connectivity index (χ2v) is 9.02. The van der Waals surface area contributed by atoms with Gasteiger partial charge in [0.15, 0.2) is 6.61 Å². The summed E-state index contributed by atoms with van der Waals surface area (Å²) in [6, 6.07) is 6.21. The van der Waals surface area contributed by atoms with Gasteiger partial charge in [0.25, 0.3) is 0 Å². The maximum atomic E-state index is 12.6. The number of hydrogen-bond acceptors (Lipinski definition) is 8. The van der Waals surface area contributed by atoms with Crippen LogP contribution in [0.2, 0.25) is 10.0 Å². The Morgan fingerprint density at radius 2 is 1.73 bits per heavy atom. The Balaban J connectivity index is 1.91. The Hall–Kier alpha value is -2.87. The number of aromatic nitrogens is 3. The first-order valence-corrected chi connectivity index (χ1v) is 11.1. The molecule has 15 heteroatoms. The van der Waals surface area contributed by atoms with Crippen molar-refractivity contribution >= 4 is 56.4 Å². The van der Waals surface area contributed by atoms with Gasteiger partial charge in [-0.25, -0.2) is 28.1 Å². The third-order valence-electron chi connectivity index (χ3n) is 3.91. The molecule has 0 atom stereocenters. The summed E-state index contributed by atoms with van der Waals surface area (Å²) in [4.78, 5) is 11.9. The first-order chi connectivity index (χ1) is 15.5. The van der Waals surface area contributed by atoms with Gasteiger partial charge in [-0.1, -0.05) is 23.2 Å². The number of hydrogen-bond donors (Lipinski definition) is 3. The molecule has 33 heavy (non-hydrogen) atoms. The van der Waals surface area contributed by atoms with Gasteiger partial charge in [-0.2, -0.15) is 13.2 Å². The average molecular weight is 523 g/mol. The summed E-state index contributed by atoms with van der Waals surface area (Å²) in [5.74, 6) is 0.370. The summed E-state index contributed by atoms with van der Waals surface area (Å²) in [6.45, 7) is -1.57. The normalized spacial score (nSPS) is 11.8. The molecule has 0 aliphatic rings. The first-order valence-electron chi connectivity index (χ1n) is 8.91. The monoisotopic (exact) mass is 522 g/mol. The molecule has 2 aromatic heterocycles. The molecule has 3 N–H and O–H groups in total. The topological polar surface area (TPSA) is 118 Å². The molecule has 0 fully saturated rings. The Bertz CT molecular complexity index is 1260. The molecule has 9 nitrogen and oxygen atoms in total. The molecule has 176 valence electrons. The molecule has 0 aliphatic heterocycles. The van der Waals surface area contributed by atoms with Crippen molar-refractivity contribution in [2.24, 2.45) is 0 Å².